The van der Waals surface area contributed by atoms with Gasteiger partial charge in [-0.25, -0.2) is 4.99 Å². The summed E-state index contributed by atoms with van der Waals surface area (Å²) in [6.07, 6.45) is 1.01. The summed E-state index contributed by atoms with van der Waals surface area (Å²) in [5.41, 5.74) is 7.34. The third-order valence-corrected chi connectivity index (χ3v) is 2.43. The molecule has 0 aliphatic heterocycles. The van der Waals surface area contributed by atoms with Crippen molar-refractivity contribution in [1.82, 2.24) is 10.6 Å². The number of rotatable bonds is 5. The molecule has 1 amide bonds. The molecule has 0 aliphatic rings. The van der Waals surface area contributed by atoms with Crippen LogP contribution in [-0.2, 0) is 6.54 Å². The maximum Gasteiger partial charge on any atom is 0.251 e. The minimum Gasteiger partial charge on any atom is -0.370 e. The number of nitrogens with one attached hydrogen (secondary N) is 2. The van der Waals surface area contributed by atoms with E-state index < -0.39 is 0 Å². The van der Waals surface area contributed by atoms with Crippen LogP contribution in [0, 0.1) is 0 Å². The van der Waals surface area contributed by atoms with E-state index in [1.54, 1.807) is 19.2 Å². The standard InChI is InChI=1S/C13H20N4O.HI/c1-3-8-16-13(14)17-9-10-4-6-11(7-5-10)12(18)15-2;/h4-7H,3,8-9H2,1-2H3,(H,15,18)(H3,14,16,17);1H. The average molecular weight is 376 g/mol. The van der Waals surface area contributed by atoms with Gasteiger partial charge in [-0.15, -0.1) is 24.0 Å². The van der Waals surface area contributed by atoms with Crippen molar-refractivity contribution < 1.29 is 4.79 Å². The van der Waals surface area contributed by atoms with Crippen LogP contribution in [0.3, 0.4) is 0 Å². The number of aliphatic imine (C=N–C) groups is 1. The molecule has 5 nitrogen and oxygen atoms in total. The van der Waals surface area contributed by atoms with Crippen LogP contribution in [0.1, 0.15) is 29.3 Å². The van der Waals surface area contributed by atoms with Gasteiger partial charge >= 0.3 is 0 Å². The molecule has 0 spiro atoms. The molecule has 0 unspecified atom stereocenters. The van der Waals surface area contributed by atoms with Crippen LogP contribution in [0.5, 0.6) is 0 Å². The largest absolute Gasteiger partial charge is 0.370 e. The predicted molar refractivity (Wildman–Crippen MR) is 88.9 cm³/mol. The highest BCUT2D eigenvalue weighted by Crippen LogP contribution is 2.05. The lowest BCUT2D eigenvalue weighted by Gasteiger charge is -2.04. The highest BCUT2D eigenvalue weighted by atomic mass is 127. The van der Waals surface area contributed by atoms with Crippen molar-refractivity contribution >= 4 is 35.8 Å². The van der Waals surface area contributed by atoms with Crippen LogP contribution < -0.4 is 16.4 Å². The molecule has 4 N–H and O–H groups in total. The second-order valence-corrected chi connectivity index (χ2v) is 3.90. The molecule has 0 heterocycles. The highest BCUT2D eigenvalue weighted by molar-refractivity contribution is 14.0. The number of amides is 1. The SMILES string of the molecule is CCCNC(N)=NCc1ccc(C(=O)NC)cc1.I. The summed E-state index contributed by atoms with van der Waals surface area (Å²) in [5.74, 6) is 0.362. The Balaban J connectivity index is 0.00000324. The molecule has 0 fully saturated rings. The van der Waals surface area contributed by atoms with Crippen molar-refractivity contribution in [2.75, 3.05) is 13.6 Å². The summed E-state index contributed by atoms with van der Waals surface area (Å²) in [4.78, 5) is 15.5. The average Bonchev–Trinajstić information content (AvgIpc) is 2.42. The van der Waals surface area contributed by atoms with E-state index in [0.717, 1.165) is 18.5 Å². The molecule has 0 aromatic heterocycles. The van der Waals surface area contributed by atoms with E-state index in [1.807, 2.05) is 12.1 Å². The number of hydrogen-bond acceptors (Lipinski definition) is 2. The van der Waals surface area contributed by atoms with Gasteiger partial charge in [-0.1, -0.05) is 19.1 Å². The fraction of sp³-hybridized carbons (Fsp3) is 0.385. The number of nitrogens with two attached hydrogens (primary N) is 1. The molecular weight excluding hydrogens is 355 g/mol. The summed E-state index contributed by atoms with van der Waals surface area (Å²) < 4.78 is 0. The van der Waals surface area contributed by atoms with E-state index in [9.17, 15) is 4.79 Å². The van der Waals surface area contributed by atoms with Gasteiger partial charge in [0, 0.05) is 19.2 Å². The maximum absolute atomic E-state index is 11.3. The first-order valence-electron chi connectivity index (χ1n) is 6.02. The third kappa shape index (κ3) is 6.42. The van der Waals surface area contributed by atoms with Crippen molar-refractivity contribution in [3.63, 3.8) is 0 Å². The van der Waals surface area contributed by atoms with Crippen LogP contribution >= 0.6 is 24.0 Å². The predicted octanol–water partition coefficient (Wildman–Crippen LogP) is 1.48. The zero-order valence-electron chi connectivity index (χ0n) is 11.3. The molecule has 0 aliphatic carbocycles. The normalized spacial score (nSPS) is 10.5. The number of halogens is 1. The molecule has 0 atom stereocenters. The van der Waals surface area contributed by atoms with Crippen molar-refractivity contribution in [1.29, 1.82) is 0 Å². The monoisotopic (exact) mass is 376 g/mol. The van der Waals surface area contributed by atoms with Gasteiger partial charge in [0.25, 0.3) is 5.91 Å². The van der Waals surface area contributed by atoms with Gasteiger partial charge in [-0.3, -0.25) is 4.79 Å². The van der Waals surface area contributed by atoms with Gasteiger partial charge in [0.15, 0.2) is 5.96 Å². The van der Waals surface area contributed by atoms with Gasteiger partial charge in [0.2, 0.25) is 0 Å². The quantitative estimate of drug-likeness (QED) is 0.414. The highest BCUT2D eigenvalue weighted by Gasteiger charge is 2.01. The van der Waals surface area contributed by atoms with Gasteiger partial charge in [0.1, 0.15) is 0 Å². The zero-order chi connectivity index (χ0) is 13.4. The number of guanidine groups is 1. The molecular formula is C13H21IN4O. The Morgan fingerprint density at radius 3 is 2.47 bits per heavy atom. The van der Waals surface area contributed by atoms with Gasteiger partial charge in [0.05, 0.1) is 6.54 Å². The topological polar surface area (TPSA) is 79.5 Å². The van der Waals surface area contributed by atoms with Crippen LogP contribution in [0.15, 0.2) is 29.3 Å². The molecule has 0 radical (unpaired) electrons. The minimum absolute atomic E-state index is 0. The Kier molecular flexibility index (Phi) is 8.94. The molecule has 0 saturated heterocycles. The first-order chi connectivity index (χ1) is 8.67. The van der Waals surface area contributed by atoms with Crippen molar-refractivity contribution in [2.24, 2.45) is 10.7 Å². The maximum atomic E-state index is 11.3. The number of nitrogens with zero attached hydrogens (tertiary/aromatic N) is 1. The molecule has 1 rings (SSSR count). The molecule has 106 valence electrons. The van der Waals surface area contributed by atoms with E-state index in [2.05, 4.69) is 22.5 Å². The van der Waals surface area contributed by atoms with Crippen LogP contribution in [-0.4, -0.2) is 25.5 Å². The summed E-state index contributed by atoms with van der Waals surface area (Å²) in [5, 5.41) is 5.58. The first-order valence-corrected chi connectivity index (χ1v) is 6.02. The van der Waals surface area contributed by atoms with Crippen LogP contribution in [0.2, 0.25) is 0 Å². The lowest BCUT2D eigenvalue weighted by atomic mass is 10.1. The molecule has 19 heavy (non-hydrogen) atoms. The Labute approximate surface area is 131 Å². The zero-order valence-corrected chi connectivity index (χ0v) is 13.6. The van der Waals surface area contributed by atoms with E-state index >= 15 is 0 Å². The Morgan fingerprint density at radius 1 is 1.32 bits per heavy atom. The molecule has 0 saturated carbocycles. The number of benzene rings is 1. The Morgan fingerprint density at radius 2 is 1.95 bits per heavy atom. The number of carbonyl (C=O) groups excluding carboxylic acids is 1. The lowest BCUT2D eigenvalue weighted by molar-refractivity contribution is 0.0963. The Bertz CT molecular complexity index is 417. The molecule has 1 aromatic carbocycles. The summed E-state index contributed by atoms with van der Waals surface area (Å²) in [6.45, 7) is 3.40. The Hall–Kier alpha value is -1.31. The minimum atomic E-state index is -0.0887. The van der Waals surface area contributed by atoms with Gasteiger partial charge in [-0.2, -0.15) is 0 Å². The van der Waals surface area contributed by atoms with Crippen LogP contribution in [0.4, 0.5) is 0 Å². The smallest absolute Gasteiger partial charge is 0.251 e. The summed E-state index contributed by atoms with van der Waals surface area (Å²) in [6, 6.07) is 7.31. The van der Waals surface area contributed by atoms with Gasteiger partial charge in [-0.05, 0) is 24.1 Å². The third-order valence-electron chi connectivity index (χ3n) is 2.43. The lowest BCUT2D eigenvalue weighted by Crippen LogP contribution is -2.32. The molecule has 0 bridgehead atoms. The van der Waals surface area contributed by atoms with Crippen molar-refractivity contribution in [3.8, 4) is 0 Å². The first kappa shape index (κ1) is 17.7. The van der Waals surface area contributed by atoms with E-state index in [0.29, 0.717) is 18.1 Å². The van der Waals surface area contributed by atoms with Crippen molar-refractivity contribution in [2.45, 2.75) is 19.9 Å². The van der Waals surface area contributed by atoms with Crippen molar-refractivity contribution in [3.05, 3.63) is 35.4 Å². The second kappa shape index (κ2) is 9.60. The fourth-order valence-corrected chi connectivity index (χ4v) is 1.39. The molecule has 6 heteroatoms. The number of hydrogen-bond donors (Lipinski definition) is 3. The van der Waals surface area contributed by atoms with E-state index in [1.165, 1.54) is 0 Å². The van der Waals surface area contributed by atoms with E-state index in [-0.39, 0.29) is 29.9 Å². The van der Waals surface area contributed by atoms with Gasteiger partial charge < -0.3 is 16.4 Å². The van der Waals surface area contributed by atoms with E-state index in [4.69, 9.17) is 5.73 Å². The van der Waals surface area contributed by atoms with Crippen LogP contribution in [0.25, 0.3) is 0 Å². The molecule has 1 aromatic rings. The summed E-state index contributed by atoms with van der Waals surface area (Å²) in [7, 11) is 1.61. The number of carbonyl (C=O) groups is 1. The second-order valence-electron chi connectivity index (χ2n) is 3.90. The summed E-state index contributed by atoms with van der Waals surface area (Å²) >= 11 is 0. The fourth-order valence-electron chi connectivity index (χ4n) is 1.39.